The lowest BCUT2D eigenvalue weighted by molar-refractivity contribution is 0.0600. The summed E-state index contributed by atoms with van der Waals surface area (Å²) in [5.41, 5.74) is 4.84. The number of hydrogen-bond donors (Lipinski definition) is 0. The fourth-order valence-electron chi connectivity index (χ4n) is 2.74. The minimum Gasteiger partial charge on any atom is -0.488 e. The molecule has 0 bridgehead atoms. The number of carbonyl (C=O) groups excluding carboxylic acids is 1. The van der Waals surface area contributed by atoms with Gasteiger partial charge in [0.2, 0.25) is 0 Å². The third-order valence-corrected chi connectivity index (χ3v) is 4.30. The highest BCUT2D eigenvalue weighted by Gasteiger charge is 2.20. The second-order valence-electron chi connectivity index (χ2n) is 5.24. The fourth-order valence-corrected chi connectivity index (χ4v) is 2.97. The van der Waals surface area contributed by atoms with E-state index < -0.39 is 0 Å². The van der Waals surface area contributed by atoms with Gasteiger partial charge in [0.15, 0.2) is 0 Å². The lowest BCUT2D eigenvalue weighted by Gasteiger charge is -2.12. The van der Waals surface area contributed by atoms with Crippen LogP contribution < -0.4 is 4.74 Å². The number of esters is 1. The number of carbonyl (C=O) groups is 1. The lowest BCUT2D eigenvalue weighted by atomic mass is 9.92. The van der Waals surface area contributed by atoms with E-state index in [-0.39, 0.29) is 5.97 Å². The van der Waals surface area contributed by atoms with Gasteiger partial charge in [0.1, 0.15) is 12.4 Å². The minimum atomic E-state index is -0.342. The number of benzene rings is 2. The Morgan fingerprint density at radius 2 is 2.09 bits per heavy atom. The molecule has 1 heterocycles. The number of hydrogen-bond acceptors (Lipinski definition) is 3. The molecule has 118 valence electrons. The monoisotopic (exact) mass is 372 g/mol. The molecule has 0 saturated carbocycles. The zero-order chi connectivity index (χ0) is 16.2. The lowest BCUT2D eigenvalue weighted by Crippen LogP contribution is -2.02. The summed E-state index contributed by atoms with van der Waals surface area (Å²) in [6.45, 7) is 0.520. The van der Waals surface area contributed by atoms with Crippen molar-refractivity contribution in [2.24, 2.45) is 0 Å². The number of methoxy groups -OCH3 is 1. The van der Waals surface area contributed by atoms with Crippen molar-refractivity contribution in [3.63, 3.8) is 0 Å². The van der Waals surface area contributed by atoms with Gasteiger partial charge in [0, 0.05) is 10.9 Å². The third kappa shape index (κ3) is 3.17. The van der Waals surface area contributed by atoms with Crippen molar-refractivity contribution >= 4 is 27.5 Å². The average molecular weight is 373 g/mol. The Morgan fingerprint density at radius 1 is 1.26 bits per heavy atom. The molecular formula is C19H17BrO3. The molecule has 0 fully saturated rings. The van der Waals surface area contributed by atoms with Gasteiger partial charge in [-0.25, -0.2) is 4.79 Å². The van der Waals surface area contributed by atoms with E-state index in [1.165, 1.54) is 7.11 Å². The number of rotatable bonds is 3. The van der Waals surface area contributed by atoms with E-state index in [4.69, 9.17) is 9.47 Å². The van der Waals surface area contributed by atoms with Crippen molar-refractivity contribution in [1.82, 2.24) is 0 Å². The third-order valence-electron chi connectivity index (χ3n) is 3.84. The summed E-state index contributed by atoms with van der Waals surface area (Å²) in [4.78, 5) is 11.9. The molecule has 0 N–H and O–H groups in total. The first-order valence-electron chi connectivity index (χ1n) is 7.44. The maximum absolute atomic E-state index is 11.9. The second kappa shape index (κ2) is 7.01. The largest absolute Gasteiger partial charge is 0.488 e. The van der Waals surface area contributed by atoms with Gasteiger partial charge in [-0.3, -0.25) is 0 Å². The predicted molar refractivity (Wildman–Crippen MR) is 94.0 cm³/mol. The van der Waals surface area contributed by atoms with Crippen LogP contribution >= 0.6 is 15.9 Å². The molecule has 0 saturated heterocycles. The van der Waals surface area contributed by atoms with Crippen molar-refractivity contribution < 1.29 is 14.3 Å². The Hall–Kier alpha value is -2.07. The van der Waals surface area contributed by atoms with Gasteiger partial charge >= 0.3 is 5.97 Å². The Morgan fingerprint density at radius 3 is 2.87 bits per heavy atom. The number of halogens is 1. The van der Waals surface area contributed by atoms with Crippen molar-refractivity contribution in [2.75, 3.05) is 12.4 Å². The first kappa shape index (κ1) is 15.8. The summed E-state index contributed by atoms with van der Waals surface area (Å²) < 4.78 is 10.8. The van der Waals surface area contributed by atoms with Crippen LogP contribution in [0.3, 0.4) is 0 Å². The SMILES string of the molecule is COC(=O)c1ccc2c(c1)/C(=C/CCBr)c1ccccc1CO2. The van der Waals surface area contributed by atoms with E-state index in [0.717, 1.165) is 39.8 Å². The van der Waals surface area contributed by atoms with Gasteiger partial charge in [-0.05, 0) is 41.3 Å². The molecule has 0 spiro atoms. The molecule has 0 aromatic heterocycles. The highest BCUT2D eigenvalue weighted by atomic mass is 79.9. The van der Waals surface area contributed by atoms with Crippen LogP contribution in [0.25, 0.3) is 5.57 Å². The van der Waals surface area contributed by atoms with Crippen LogP contribution in [0.1, 0.15) is 33.5 Å². The van der Waals surface area contributed by atoms with Crippen molar-refractivity contribution in [3.05, 3.63) is 70.8 Å². The summed E-state index contributed by atoms with van der Waals surface area (Å²) >= 11 is 3.47. The maximum Gasteiger partial charge on any atom is 0.337 e. The van der Waals surface area contributed by atoms with Gasteiger partial charge in [-0.1, -0.05) is 46.3 Å². The molecule has 3 rings (SSSR count). The second-order valence-corrected chi connectivity index (χ2v) is 6.04. The van der Waals surface area contributed by atoms with Gasteiger partial charge in [0.25, 0.3) is 0 Å². The summed E-state index contributed by atoms with van der Waals surface area (Å²) in [5, 5.41) is 0.881. The normalized spacial score (nSPS) is 14.4. The Kier molecular flexibility index (Phi) is 4.82. The Bertz CT molecular complexity index is 765. The number of fused-ring (bicyclic) bond motifs is 2. The Labute approximate surface area is 144 Å². The zero-order valence-electron chi connectivity index (χ0n) is 12.8. The van der Waals surface area contributed by atoms with Gasteiger partial charge in [-0.15, -0.1) is 0 Å². The minimum absolute atomic E-state index is 0.342. The van der Waals surface area contributed by atoms with E-state index in [1.54, 1.807) is 6.07 Å². The summed E-state index contributed by atoms with van der Waals surface area (Å²) in [5.74, 6) is 0.444. The van der Waals surface area contributed by atoms with E-state index in [2.05, 4.69) is 34.1 Å². The number of ether oxygens (including phenoxy) is 2. The molecule has 1 aliphatic heterocycles. The van der Waals surface area contributed by atoms with Gasteiger partial charge in [-0.2, -0.15) is 0 Å². The summed E-state index contributed by atoms with van der Waals surface area (Å²) in [6.07, 6.45) is 3.08. The molecular weight excluding hydrogens is 356 g/mol. The van der Waals surface area contributed by atoms with Crippen LogP contribution in [0, 0.1) is 0 Å². The molecule has 0 amide bonds. The topological polar surface area (TPSA) is 35.5 Å². The molecule has 0 aliphatic carbocycles. The quantitative estimate of drug-likeness (QED) is 0.584. The standard InChI is InChI=1S/C19H17BrO3/c1-22-19(21)13-8-9-18-17(11-13)16(7-4-10-20)15-6-3-2-5-14(15)12-23-18/h2-3,5-9,11H,4,10,12H2,1H3/b16-7+. The van der Waals surface area contributed by atoms with E-state index in [9.17, 15) is 4.79 Å². The molecule has 2 aromatic rings. The van der Waals surface area contributed by atoms with E-state index in [0.29, 0.717) is 12.2 Å². The zero-order valence-corrected chi connectivity index (χ0v) is 14.4. The molecule has 0 radical (unpaired) electrons. The van der Waals surface area contributed by atoms with E-state index >= 15 is 0 Å². The van der Waals surface area contributed by atoms with Crippen molar-refractivity contribution in [1.29, 1.82) is 0 Å². The van der Waals surface area contributed by atoms with Crippen LogP contribution in [-0.2, 0) is 11.3 Å². The van der Waals surface area contributed by atoms with Crippen LogP contribution in [0.2, 0.25) is 0 Å². The molecule has 0 unspecified atom stereocenters. The highest BCUT2D eigenvalue weighted by Crippen LogP contribution is 2.37. The molecule has 0 atom stereocenters. The van der Waals surface area contributed by atoms with Crippen LogP contribution in [0.4, 0.5) is 0 Å². The van der Waals surface area contributed by atoms with Crippen LogP contribution in [0.5, 0.6) is 5.75 Å². The van der Waals surface area contributed by atoms with Crippen molar-refractivity contribution in [2.45, 2.75) is 13.0 Å². The maximum atomic E-state index is 11.9. The highest BCUT2D eigenvalue weighted by molar-refractivity contribution is 9.09. The number of allylic oxidation sites excluding steroid dienone is 1. The molecule has 4 heteroatoms. The first-order valence-corrected chi connectivity index (χ1v) is 8.56. The van der Waals surface area contributed by atoms with Gasteiger partial charge in [0.05, 0.1) is 12.7 Å². The molecule has 23 heavy (non-hydrogen) atoms. The van der Waals surface area contributed by atoms with Crippen LogP contribution in [-0.4, -0.2) is 18.4 Å². The molecule has 2 aromatic carbocycles. The van der Waals surface area contributed by atoms with Crippen molar-refractivity contribution in [3.8, 4) is 5.75 Å². The smallest absolute Gasteiger partial charge is 0.337 e. The van der Waals surface area contributed by atoms with Gasteiger partial charge < -0.3 is 9.47 Å². The summed E-state index contributed by atoms with van der Waals surface area (Å²) in [6, 6.07) is 13.6. The summed E-state index contributed by atoms with van der Waals surface area (Å²) in [7, 11) is 1.39. The molecule has 3 nitrogen and oxygen atoms in total. The fraction of sp³-hybridized carbons (Fsp3) is 0.211. The van der Waals surface area contributed by atoms with E-state index in [1.807, 2.05) is 24.3 Å². The Balaban J connectivity index is 2.18. The number of alkyl halides is 1. The van der Waals surface area contributed by atoms with Crippen LogP contribution in [0.15, 0.2) is 48.5 Å². The molecule has 1 aliphatic rings. The first-order chi connectivity index (χ1) is 11.2. The predicted octanol–water partition coefficient (Wildman–Crippen LogP) is 4.58. The average Bonchev–Trinajstić information content (AvgIpc) is 2.75.